The van der Waals surface area contributed by atoms with E-state index >= 15 is 0 Å². The molecule has 2 aliphatic rings. The summed E-state index contributed by atoms with van der Waals surface area (Å²) in [6.07, 6.45) is 3.61. The monoisotopic (exact) mass is 346 g/mol. The highest BCUT2D eigenvalue weighted by molar-refractivity contribution is 6.32. The highest BCUT2D eigenvalue weighted by atomic mass is 35.5. The van der Waals surface area contributed by atoms with Gasteiger partial charge in [0.2, 0.25) is 0 Å². The van der Waals surface area contributed by atoms with Crippen LogP contribution in [-0.2, 0) is 4.79 Å². The number of halogens is 1. The van der Waals surface area contributed by atoms with Crippen molar-refractivity contribution in [1.29, 1.82) is 5.26 Å². The third kappa shape index (κ3) is 2.99. The molecule has 1 N–H and O–H groups in total. The minimum atomic E-state index is -0.771. The highest BCUT2D eigenvalue weighted by Crippen LogP contribution is 2.42. The fourth-order valence-corrected chi connectivity index (χ4v) is 3.98. The highest BCUT2D eigenvalue weighted by Gasteiger charge is 2.36. The third-order valence-electron chi connectivity index (χ3n) is 4.83. The fourth-order valence-electron chi connectivity index (χ4n) is 3.64. The molecule has 126 valence electrons. The summed E-state index contributed by atoms with van der Waals surface area (Å²) in [6.45, 7) is 1.72. The van der Waals surface area contributed by atoms with Gasteiger partial charge in [0.1, 0.15) is 11.3 Å². The Morgan fingerprint density at radius 2 is 2.17 bits per heavy atom. The Kier molecular flexibility index (Phi) is 4.51. The van der Waals surface area contributed by atoms with Crippen LogP contribution in [-0.4, -0.2) is 23.8 Å². The second kappa shape index (κ2) is 6.45. The summed E-state index contributed by atoms with van der Waals surface area (Å²) < 4.78 is 5.58. The van der Waals surface area contributed by atoms with E-state index in [1.807, 2.05) is 6.92 Å². The predicted molar refractivity (Wildman–Crippen MR) is 89.3 cm³/mol. The number of nitrogens with one attached hydrogen (secondary N) is 1. The molecule has 0 spiro atoms. The van der Waals surface area contributed by atoms with Crippen molar-refractivity contribution in [3.8, 4) is 11.8 Å². The van der Waals surface area contributed by atoms with E-state index in [4.69, 9.17) is 16.3 Å². The lowest BCUT2D eigenvalue weighted by atomic mass is 10.00. The molecule has 0 heterocycles. The largest absolute Gasteiger partial charge is 0.483 e. The van der Waals surface area contributed by atoms with Gasteiger partial charge in [-0.25, -0.2) is 0 Å². The summed E-state index contributed by atoms with van der Waals surface area (Å²) in [7, 11) is 0. The van der Waals surface area contributed by atoms with E-state index in [0.717, 1.165) is 18.4 Å². The Balaban J connectivity index is 1.71. The molecule has 1 unspecified atom stereocenters. The molecule has 3 rings (SSSR count). The number of nitriles is 1. The van der Waals surface area contributed by atoms with Crippen molar-refractivity contribution in [3.63, 3.8) is 0 Å². The summed E-state index contributed by atoms with van der Waals surface area (Å²) in [5.41, 5.74) is 0.509. The lowest BCUT2D eigenvalue weighted by molar-refractivity contribution is -0.124. The van der Waals surface area contributed by atoms with E-state index in [1.165, 1.54) is 0 Å². The molecule has 0 bridgehead atoms. The van der Waals surface area contributed by atoms with Gasteiger partial charge in [-0.2, -0.15) is 5.26 Å². The topological polar surface area (TPSA) is 79.2 Å². The standard InChI is InChI=1S/C18H19ClN2O3/c1-11-8-13(22)17-14(5-4-12(19)16(11)17)24-9-15(23)21-18(10-20)6-2-3-7-18/h4-5,11H,2-3,6-9H2,1H3,(H,21,23). The van der Waals surface area contributed by atoms with Crippen molar-refractivity contribution < 1.29 is 14.3 Å². The Hall–Kier alpha value is -2.06. The molecule has 6 heteroatoms. The number of fused-ring (bicyclic) bond motifs is 1. The Morgan fingerprint density at radius 1 is 1.46 bits per heavy atom. The first kappa shape index (κ1) is 16.8. The molecule has 1 fully saturated rings. The lowest BCUT2D eigenvalue weighted by Crippen LogP contribution is -2.47. The number of hydrogen-bond acceptors (Lipinski definition) is 4. The van der Waals surface area contributed by atoms with Crippen LogP contribution in [0, 0.1) is 11.3 Å². The van der Waals surface area contributed by atoms with E-state index in [2.05, 4.69) is 11.4 Å². The predicted octanol–water partition coefficient (Wildman–Crippen LogP) is 3.36. The molecule has 24 heavy (non-hydrogen) atoms. The molecule has 0 aromatic heterocycles. The van der Waals surface area contributed by atoms with Crippen LogP contribution in [0.4, 0.5) is 0 Å². The molecular weight excluding hydrogens is 328 g/mol. The number of benzene rings is 1. The molecule has 0 aliphatic heterocycles. The number of amides is 1. The molecule has 1 aromatic rings. The average molecular weight is 347 g/mol. The van der Waals surface area contributed by atoms with E-state index in [9.17, 15) is 14.9 Å². The molecule has 2 aliphatic carbocycles. The quantitative estimate of drug-likeness (QED) is 0.906. The van der Waals surface area contributed by atoms with Gasteiger partial charge in [0.05, 0.1) is 11.6 Å². The minimum Gasteiger partial charge on any atom is -0.483 e. The number of rotatable bonds is 4. The van der Waals surface area contributed by atoms with Crippen LogP contribution in [0.1, 0.15) is 60.9 Å². The second-order valence-electron chi connectivity index (χ2n) is 6.60. The fraction of sp³-hybridized carbons (Fsp3) is 0.500. The van der Waals surface area contributed by atoms with Crippen molar-refractivity contribution in [1.82, 2.24) is 5.32 Å². The number of nitrogens with zero attached hydrogens (tertiary/aromatic N) is 1. The molecule has 1 saturated carbocycles. The van der Waals surface area contributed by atoms with Gasteiger partial charge in [0, 0.05) is 11.4 Å². The van der Waals surface area contributed by atoms with Crippen LogP contribution in [0.2, 0.25) is 5.02 Å². The normalized spacial score (nSPS) is 21.2. The van der Waals surface area contributed by atoms with Gasteiger partial charge < -0.3 is 10.1 Å². The van der Waals surface area contributed by atoms with E-state index in [1.54, 1.807) is 12.1 Å². The molecular formula is C18H19ClN2O3. The lowest BCUT2D eigenvalue weighted by Gasteiger charge is -2.22. The van der Waals surface area contributed by atoms with E-state index < -0.39 is 5.54 Å². The van der Waals surface area contributed by atoms with Crippen molar-refractivity contribution in [2.24, 2.45) is 0 Å². The number of carbonyl (C=O) groups is 2. The number of ether oxygens (including phenoxy) is 1. The Bertz CT molecular complexity index is 733. The maximum atomic E-state index is 12.2. The number of ketones is 1. The van der Waals surface area contributed by atoms with Crippen LogP contribution in [0.25, 0.3) is 0 Å². The minimum absolute atomic E-state index is 0.0142. The van der Waals surface area contributed by atoms with Gasteiger partial charge in [-0.1, -0.05) is 18.5 Å². The first-order valence-corrected chi connectivity index (χ1v) is 8.54. The second-order valence-corrected chi connectivity index (χ2v) is 7.01. The van der Waals surface area contributed by atoms with Crippen LogP contribution in [0.3, 0.4) is 0 Å². The molecule has 0 radical (unpaired) electrons. The molecule has 1 aromatic carbocycles. The summed E-state index contributed by atoms with van der Waals surface area (Å²) in [6, 6.07) is 5.53. The van der Waals surface area contributed by atoms with E-state index in [-0.39, 0.29) is 24.2 Å². The van der Waals surface area contributed by atoms with Crippen molar-refractivity contribution in [2.75, 3.05) is 6.61 Å². The third-order valence-corrected chi connectivity index (χ3v) is 5.16. The SMILES string of the molecule is CC1CC(=O)c2c(OCC(=O)NC3(C#N)CCCC3)ccc(Cl)c21. The smallest absolute Gasteiger partial charge is 0.259 e. The molecule has 1 atom stereocenters. The van der Waals surface area contributed by atoms with E-state index in [0.29, 0.717) is 35.6 Å². The zero-order valence-corrected chi connectivity index (χ0v) is 14.3. The van der Waals surface area contributed by atoms with Gasteiger partial charge in [-0.05, 0) is 49.3 Å². The van der Waals surface area contributed by atoms with Gasteiger partial charge in [0.25, 0.3) is 5.91 Å². The van der Waals surface area contributed by atoms with Crippen LogP contribution in [0.5, 0.6) is 5.75 Å². The van der Waals surface area contributed by atoms with Gasteiger partial charge >= 0.3 is 0 Å². The number of carbonyl (C=O) groups excluding carboxylic acids is 2. The first-order valence-electron chi connectivity index (χ1n) is 8.16. The van der Waals surface area contributed by atoms with Crippen LogP contribution >= 0.6 is 11.6 Å². The summed E-state index contributed by atoms with van der Waals surface area (Å²) in [5, 5.41) is 12.6. The zero-order valence-electron chi connectivity index (χ0n) is 13.5. The molecule has 0 saturated heterocycles. The van der Waals surface area contributed by atoms with Crippen molar-refractivity contribution in [3.05, 3.63) is 28.3 Å². The van der Waals surface area contributed by atoms with Crippen molar-refractivity contribution >= 4 is 23.3 Å². The van der Waals surface area contributed by atoms with Gasteiger partial charge in [-0.3, -0.25) is 9.59 Å². The maximum Gasteiger partial charge on any atom is 0.259 e. The van der Waals surface area contributed by atoms with Gasteiger partial charge in [-0.15, -0.1) is 0 Å². The zero-order chi connectivity index (χ0) is 17.3. The summed E-state index contributed by atoms with van der Waals surface area (Å²) in [4.78, 5) is 24.3. The summed E-state index contributed by atoms with van der Waals surface area (Å²) in [5.74, 6) is 0.0781. The molecule has 5 nitrogen and oxygen atoms in total. The number of hydrogen-bond donors (Lipinski definition) is 1. The Labute approximate surface area is 145 Å². The maximum absolute atomic E-state index is 12.2. The summed E-state index contributed by atoms with van der Waals surface area (Å²) >= 11 is 6.19. The van der Waals surface area contributed by atoms with Crippen LogP contribution in [0.15, 0.2) is 12.1 Å². The van der Waals surface area contributed by atoms with Crippen LogP contribution < -0.4 is 10.1 Å². The molecule has 1 amide bonds. The van der Waals surface area contributed by atoms with Crippen molar-refractivity contribution in [2.45, 2.75) is 50.5 Å². The number of Topliss-reactive ketones (excluding diaryl/α,β-unsaturated/α-hetero) is 1. The first-order chi connectivity index (χ1) is 11.5. The van der Waals surface area contributed by atoms with Gasteiger partial charge in [0.15, 0.2) is 12.4 Å². The Morgan fingerprint density at radius 3 is 2.83 bits per heavy atom. The average Bonchev–Trinajstić information content (AvgIpc) is 3.13.